The van der Waals surface area contributed by atoms with Crippen molar-refractivity contribution < 1.29 is 9.18 Å². The number of pyridine rings is 2. The van der Waals surface area contributed by atoms with Crippen LogP contribution in [0.25, 0.3) is 11.1 Å². The molecule has 0 unspecified atom stereocenters. The second-order valence-corrected chi connectivity index (χ2v) is 3.13. The lowest BCUT2D eigenvalue weighted by molar-refractivity contribution is 0.0991. The van der Waals surface area contributed by atoms with E-state index in [-0.39, 0.29) is 11.3 Å². The van der Waals surface area contributed by atoms with Gasteiger partial charge in [0.2, 0.25) is 0 Å². The van der Waals surface area contributed by atoms with Crippen LogP contribution in [0.5, 0.6) is 0 Å². The number of carbonyl (C=O) groups is 1. The minimum atomic E-state index is -0.886. The fourth-order valence-corrected chi connectivity index (χ4v) is 1.36. The summed E-state index contributed by atoms with van der Waals surface area (Å²) in [6.07, 6.45) is 4.42. The number of nitrogens with two attached hydrogens (primary N) is 1. The zero-order valence-corrected chi connectivity index (χ0v) is 8.22. The Balaban J connectivity index is 2.59. The first-order valence-corrected chi connectivity index (χ1v) is 4.55. The normalized spacial score (nSPS) is 10.1. The van der Waals surface area contributed by atoms with E-state index >= 15 is 0 Å². The number of carbonyl (C=O) groups excluding carboxylic acids is 1. The minimum absolute atomic E-state index is 0.261. The number of halogens is 1. The third-order valence-electron chi connectivity index (χ3n) is 2.10. The first kappa shape index (κ1) is 10.2. The largest absolute Gasteiger partial charge is 0.364 e. The predicted octanol–water partition coefficient (Wildman–Crippen LogP) is 1.38. The molecular weight excluding hydrogens is 209 g/mol. The van der Waals surface area contributed by atoms with Gasteiger partial charge in [-0.3, -0.25) is 9.78 Å². The smallest absolute Gasteiger partial charge is 0.270 e. The topological polar surface area (TPSA) is 68.9 Å². The van der Waals surface area contributed by atoms with Crippen LogP contribution < -0.4 is 5.73 Å². The third kappa shape index (κ3) is 1.75. The zero-order valence-electron chi connectivity index (χ0n) is 8.22. The maximum atomic E-state index is 13.8. The maximum absolute atomic E-state index is 13.8. The molecule has 0 bridgehead atoms. The lowest BCUT2D eigenvalue weighted by Gasteiger charge is -2.04. The molecule has 2 heterocycles. The van der Waals surface area contributed by atoms with Gasteiger partial charge in [-0.05, 0) is 12.1 Å². The summed E-state index contributed by atoms with van der Waals surface area (Å²) in [6.45, 7) is 0. The maximum Gasteiger partial charge on any atom is 0.270 e. The van der Waals surface area contributed by atoms with Crippen LogP contribution in [0.15, 0.2) is 36.8 Å². The van der Waals surface area contributed by atoms with Crippen LogP contribution >= 0.6 is 0 Å². The van der Waals surface area contributed by atoms with Crippen molar-refractivity contribution in [2.45, 2.75) is 0 Å². The molecule has 2 aromatic rings. The van der Waals surface area contributed by atoms with Gasteiger partial charge in [0, 0.05) is 29.7 Å². The summed E-state index contributed by atoms with van der Waals surface area (Å²) in [6, 6.07) is 4.84. The Kier molecular flexibility index (Phi) is 2.59. The molecule has 0 aliphatic rings. The highest BCUT2D eigenvalue weighted by Gasteiger charge is 2.14. The monoisotopic (exact) mass is 217 g/mol. The molecule has 0 aromatic carbocycles. The molecule has 2 N–H and O–H groups in total. The van der Waals surface area contributed by atoms with Gasteiger partial charge in [-0.1, -0.05) is 6.07 Å². The Hall–Kier alpha value is -2.30. The molecule has 1 amide bonds. The van der Waals surface area contributed by atoms with Gasteiger partial charge in [0.05, 0.1) is 0 Å². The fraction of sp³-hybridized carbons (Fsp3) is 0. The molecular formula is C11H8FN3O. The summed E-state index contributed by atoms with van der Waals surface area (Å²) in [5, 5.41) is 0. The van der Waals surface area contributed by atoms with E-state index in [1.807, 2.05) is 0 Å². The minimum Gasteiger partial charge on any atom is -0.364 e. The lowest BCUT2D eigenvalue weighted by Crippen LogP contribution is -2.15. The molecule has 0 saturated carbocycles. The standard InChI is InChI=1S/C11H8FN3O/c12-9-8(7-2-1-4-14-6-7)3-5-15-10(9)11(13)16/h1-6H,(H2,13,16). The van der Waals surface area contributed by atoms with E-state index in [1.165, 1.54) is 18.5 Å². The molecule has 2 aromatic heterocycles. The Bertz CT molecular complexity index is 528. The van der Waals surface area contributed by atoms with E-state index in [4.69, 9.17) is 5.73 Å². The van der Waals surface area contributed by atoms with Crippen molar-refractivity contribution in [3.8, 4) is 11.1 Å². The lowest BCUT2D eigenvalue weighted by atomic mass is 10.1. The number of hydrogen-bond acceptors (Lipinski definition) is 3. The van der Waals surface area contributed by atoms with Gasteiger partial charge < -0.3 is 5.73 Å². The first-order valence-electron chi connectivity index (χ1n) is 4.55. The summed E-state index contributed by atoms with van der Waals surface area (Å²) in [5.41, 5.74) is 5.48. The predicted molar refractivity (Wildman–Crippen MR) is 55.9 cm³/mol. The molecule has 80 valence electrons. The second kappa shape index (κ2) is 4.06. The van der Waals surface area contributed by atoms with E-state index in [1.54, 1.807) is 18.3 Å². The van der Waals surface area contributed by atoms with Crippen molar-refractivity contribution in [3.63, 3.8) is 0 Å². The highest BCUT2D eigenvalue weighted by molar-refractivity contribution is 5.92. The van der Waals surface area contributed by atoms with Crippen molar-refractivity contribution in [3.05, 3.63) is 48.3 Å². The molecule has 0 saturated heterocycles. The second-order valence-electron chi connectivity index (χ2n) is 3.13. The van der Waals surface area contributed by atoms with Crippen LogP contribution in [0.4, 0.5) is 4.39 Å². The Labute approximate surface area is 91.0 Å². The first-order chi connectivity index (χ1) is 7.70. The number of amides is 1. The number of nitrogens with zero attached hydrogens (tertiary/aromatic N) is 2. The van der Waals surface area contributed by atoms with Gasteiger partial charge in [0.25, 0.3) is 5.91 Å². The molecule has 5 heteroatoms. The third-order valence-corrected chi connectivity index (χ3v) is 2.10. The van der Waals surface area contributed by atoms with Crippen LogP contribution in [0.3, 0.4) is 0 Å². The van der Waals surface area contributed by atoms with Gasteiger partial charge in [-0.2, -0.15) is 0 Å². The molecule has 4 nitrogen and oxygen atoms in total. The van der Waals surface area contributed by atoms with Crippen LogP contribution in [-0.4, -0.2) is 15.9 Å². The highest BCUT2D eigenvalue weighted by atomic mass is 19.1. The van der Waals surface area contributed by atoms with Crippen molar-refractivity contribution in [2.75, 3.05) is 0 Å². The summed E-state index contributed by atoms with van der Waals surface area (Å²) < 4.78 is 13.8. The Morgan fingerprint density at radius 2 is 2.12 bits per heavy atom. The molecule has 0 fully saturated rings. The summed E-state index contributed by atoms with van der Waals surface area (Å²) in [7, 11) is 0. The van der Waals surface area contributed by atoms with Crippen LogP contribution in [-0.2, 0) is 0 Å². The van der Waals surface area contributed by atoms with Gasteiger partial charge in [0.15, 0.2) is 11.5 Å². The average Bonchev–Trinajstić information content (AvgIpc) is 2.30. The molecule has 0 aliphatic heterocycles. The van der Waals surface area contributed by atoms with Gasteiger partial charge in [0.1, 0.15) is 0 Å². The van der Waals surface area contributed by atoms with Crippen molar-refractivity contribution in [1.29, 1.82) is 0 Å². The Morgan fingerprint density at radius 3 is 2.75 bits per heavy atom. The molecule has 0 spiro atoms. The van der Waals surface area contributed by atoms with E-state index < -0.39 is 11.7 Å². The SMILES string of the molecule is NC(=O)c1nccc(-c2cccnc2)c1F. The van der Waals surface area contributed by atoms with Crippen LogP contribution in [0.2, 0.25) is 0 Å². The van der Waals surface area contributed by atoms with Gasteiger partial charge in [-0.15, -0.1) is 0 Å². The number of hydrogen-bond donors (Lipinski definition) is 1. The zero-order chi connectivity index (χ0) is 11.5. The summed E-state index contributed by atoms with van der Waals surface area (Å²) in [5.74, 6) is -1.61. The van der Waals surface area contributed by atoms with Crippen molar-refractivity contribution in [2.24, 2.45) is 5.73 Å². The van der Waals surface area contributed by atoms with Crippen molar-refractivity contribution in [1.82, 2.24) is 9.97 Å². The summed E-state index contributed by atoms with van der Waals surface area (Å²) >= 11 is 0. The fourth-order valence-electron chi connectivity index (χ4n) is 1.36. The number of aromatic nitrogens is 2. The van der Waals surface area contributed by atoms with Crippen LogP contribution in [0.1, 0.15) is 10.5 Å². The molecule has 0 radical (unpaired) electrons. The van der Waals surface area contributed by atoms with Gasteiger partial charge in [-0.25, -0.2) is 9.37 Å². The quantitative estimate of drug-likeness (QED) is 0.826. The molecule has 0 aliphatic carbocycles. The van der Waals surface area contributed by atoms with Crippen LogP contribution in [0, 0.1) is 5.82 Å². The highest BCUT2D eigenvalue weighted by Crippen LogP contribution is 2.22. The van der Waals surface area contributed by atoms with E-state index in [0.29, 0.717) is 5.56 Å². The number of primary amides is 1. The van der Waals surface area contributed by atoms with Gasteiger partial charge >= 0.3 is 0 Å². The Morgan fingerprint density at radius 1 is 1.31 bits per heavy atom. The van der Waals surface area contributed by atoms with E-state index in [2.05, 4.69) is 9.97 Å². The average molecular weight is 217 g/mol. The molecule has 2 rings (SSSR count). The summed E-state index contributed by atoms with van der Waals surface area (Å²) in [4.78, 5) is 18.4. The van der Waals surface area contributed by atoms with E-state index in [0.717, 1.165) is 0 Å². The van der Waals surface area contributed by atoms with Crippen molar-refractivity contribution >= 4 is 5.91 Å². The van der Waals surface area contributed by atoms with E-state index in [9.17, 15) is 9.18 Å². The number of rotatable bonds is 2. The molecule has 0 atom stereocenters. The molecule has 16 heavy (non-hydrogen) atoms.